The Hall–Kier alpha value is -1.35. The monoisotopic (exact) mass is 221 g/mol. The second kappa shape index (κ2) is 5.66. The van der Waals surface area contributed by atoms with E-state index in [0.717, 1.165) is 16.9 Å². The van der Waals surface area contributed by atoms with Crippen molar-refractivity contribution in [3.8, 4) is 5.75 Å². The number of carbonyl (C=O) groups excluding carboxylic acids is 1. The molecule has 0 unspecified atom stereocenters. The van der Waals surface area contributed by atoms with E-state index in [4.69, 9.17) is 4.74 Å². The third-order valence-electron chi connectivity index (χ3n) is 2.51. The number of hydrogen-bond acceptors (Lipinski definition) is 3. The average Bonchev–Trinajstić information content (AvgIpc) is 2.28. The first kappa shape index (κ1) is 12.7. The van der Waals surface area contributed by atoms with Crippen molar-refractivity contribution in [3.63, 3.8) is 0 Å². The molecule has 3 heteroatoms. The minimum atomic E-state index is 0.104. The summed E-state index contributed by atoms with van der Waals surface area (Å²) in [7, 11) is 3.42. The summed E-state index contributed by atoms with van der Waals surface area (Å²) in [6.07, 6.45) is 0. The quantitative estimate of drug-likeness (QED) is 0.775. The molecule has 0 aliphatic carbocycles. The van der Waals surface area contributed by atoms with Crippen molar-refractivity contribution >= 4 is 5.78 Å². The van der Waals surface area contributed by atoms with Gasteiger partial charge in [0.05, 0.1) is 13.7 Å². The Morgan fingerprint density at radius 1 is 1.44 bits per heavy atom. The lowest BCUT2D eigenvalue weighted by atomic mass is 9.98. The maximum absolute atomic E-state index is 11.7. The lowest BCUT2D eigenvalue weighted by Gasteiger charge is -2.13. The van der Waals surface area contributed by atoms with Gasteiger partial charge in [-0.25, -0.2) is 0 Å². The highest BCUT2D eigenvalue weighted by Gasteiger charge is 2.11. The molecule has 88 valence electrons. The smallest absolute Gasteiger partial charge is 0.176 e. The fourth-order valence-electron chi connectivity index (χ4n) is 1.62. The van der Waals surface area contributed by atoms with E-state index >= 15 is 0 Å². The van der Waals surface area contributed by atoms with E-state index in [1.807, 2.05) is 18.2 Å². The van der Waals surface area contributed by atoms with Crippen molar-refractivity contribution < 1.29 is 9.53 Å². The van der Waals surface area contributed by atoms with Gasteiger partial charge in [-0.1, -0.05) is 13.8 Å². The summed E-state index contributed by atoms with van der Waals surface area (Å²) >= 11 is 0. The molecule has 0 heterocycles. The highest BCUT2D eigenvalue weighted by Crippen LogP contribution is 2.27. The molecule has 0 fully saturated rings. The SMILES string of the molecule is CNCC(=O)c1ccc(OC)c(C(C)C)c1. The van der Waals surface area contributed by atoms with Gasteiger partial charge in [-0.05, 0) is 36.7 Å². The van der Waals surface area contributed by atoms with E-state index in [1.165, 1.54) is 0 Å². The number of methoxy groups -OCH3 is 1. The number of likely N-dealkylation sites (N-methyl/N-ethyl adjacent to an activating group) is 1. The van der Waals surface area contributed by atoms with Gasteiger partial charge in [-0.15, -0.1) is 0 Å². The lowest BCUT2D eigenvalue weighted by molar-refractivity contribution is 0.0993. The molecule has 0 saturated carbocycles. The first-order chi connectivity index (χ1) is 7.60. The van der Waals surface area contributed by atoms with Gasteiger partial charge in [0.2, 0.25) is 0 Å². The molecule has 0 spiro atoms. The molecule has 1 aromatic carbocycles. The molecule has 0 aromatic heterocycles. The summed E-state index contributed by atoms with van der Waals surface area (Å²) < 4.78 is 5.27. The molecule has 3 nitrogen and oxygen atoms in total. The van der Waals surface area contributed by atoms with Crippen LogP contribution >= 0.6 is 0 Å². The van der Waals surface area contributed by atoms with E-state index in [-0.39, 0.29) is 5.78 Å². The summed E-state index contributed by atoms with van der Waals surface area (Å²) in [5, 5.41) is 2.86. The number of benzene rings is 1. The van der Waals surface area contributed by atoms with Gasteiger partial charge < -0.3 is 10.1 Å². The Balaban J connectivity index is 3.06. The summed E-state index contributed by atoms with van der Waals surface area (Å²) in [6.45, 7) is 4.54. The van der Waals surface area contributed by atoms with Crippen molar-refractivity contribution in [2.24, 2.45) is 0 Å². The Morgan fingerprint density at radius 2 is 2.12 bits per heavy atom. The molecule has 0 aliphatic heterocycles. The average molecular weight is 221 g/mol. The molecule has 16 heavy (non-hydrogen) atoms. The van der Waals surface area contributed by atoms with Crippen LogP contribution in [0.25, 0.3) is 0 Å². The molecule has 0 saturated heterocycles. The van der Waals surface area contributed by atoms with Crippen LogP contribution in [0.1, 0.15) is 35.7 Å². The predicted octanol–water partition coefficient (Wildman–Crippen LogP) is 2.22. The van der Waals surface area contributed by atoms with Crippen LogP contribution in [0.3, 0.4) is 0 Å². The van der Waals surface area contributed by atoms with Crippen LogP contribution in [0.15, 0.2) is 18.2 Å². The minimum Gasteiger partial charge on any atom is -0.496 e. The van der Waals surface area contributed by atoms with Crippen LogP contribution in [0.4, 0.5) is 0 Å². The Morgan fingerprint density at radius 3 is 2.62 bits per heavy atom. The Labute approximate surface area is 96.8 Å². The number of hydrogen-bond donors (Lipinski definition) is 1. The third-order valence-corrected chi connectivity index (χ3v) is 2.51. The van der Waals surface area contributed by atoms with Gasteiger partial charge in [-0.2, -0.15) is 0 Å². The van der Waals surface area contributed by atoms with Crippen molar-refractivity contribution in [2.45, 2.75) is 19.8 Å². The standard InChI is InChI=1S/C13H19NO2/c1-9(2)11-7-10(12(15)8-14-3)5-6-13(11)16-4/h5-7,9,14H,8H2,1-4H3. The highest BCUT2D eigenvalue weighted by molar-refractivity contribution is 5.98. The van der Waals surface area contributed by atoms with E-state index < -0.39 is 0 Å². The van der Waals surface area contributed by atoms with Crippen LogP contribution in [-0.4, -0.2) is 26.5 Å². The topological polar surface area (TPSA) is 38.3 Å². The van der Waals surface area contributed by atoms with E-state index in [0.29, 0.717) is 12.5 Å². The second-order valence-corrected chi connectivity index (χ2v) is 4.06. The van der Waals surface area contributed by atoms with Gasteiger partial charge in [0, 0.05) is 5.56 Å². The summed E-state index contributed by atoms with van der Waals surface area (Å²) in [5.41, 5.74) is 1.81. The number of nitrogens with one attached hydrogen (secondary N) is 1. The molecule has 0 bridgehead atoms. The van der Waals surface area contributed by atoms with Gasteiger partial charge in [0.25, 0.3) is 0 Å². The first-order valence-electron chi connectivity index (χ1n) is 5.46. The van der Waals surface area contributed by atoms with Crippen molar-refractivity contribution in [1.82, 2.24) is 5.32 Å². The van der Waals surface area contributed by atoms with Crippen LogP contribution in [-0.2, 0) is 0 Å². The maximum atomic E-state index is 11.7. The zero-order valence-corrected chi connectivity index (χ0v) is 10.3. The van der Waals surface area contributed by atoms with Gasteiger partial charge in [-0.3, -0.25) is 4.79 Å². The normalized spacial score (nSPS) is 10.6. The van der Waals surface area contributed by atoms with Crippen LogP contribution in [0.2, 0.25) is 0 Å². The highest BCUT2D eigenvalue weighted by atomic mass is 16.5. The molecule has 1 aromatic rings. The van der Waals surface area contributed by atoms with Gasteiger partial charge >= 0.3 is 0 Å². The van der Waals surface area contributed by atoms with Gasteiger partial charge in [0.15, 0.2) is 5.78 Å². The predicted molar refractivity (Wildman–Crippen MR) is 65.3 cm³/mol. The Kier molecular flexibility index (Phi) is 4.50. The number of Topliss-reactive ketones (excluding diaryl/α,β-unsaturated/α-hetero) is 1. The third kappa shape index (κ3) is 2.83. The molecule has 1 N–H and O–H groups in total. The number of ether oxygens (including phenoxy) is 1. The zero-order valence-electron chi connectivity index (χ0n) is 10.3. The fourth-order valence-corrected chi connectivity index (χ4v) is 1.62. The van der Waals surface area contributed by atoms with E-state index in [1.54, 1.807) is 14.2 Å². The summed E-state index contributed by atoms with van der Waals surface area (Å²) in [5.74, 6) is 1.29. The van der Waals surface area contributed by atoms with Crippen LogP contribution in [0, 0.1) is 0 Å². The van der Waals surface area contributed by atoms with Crippen molar-refractivity contribution in [3.05, 3.63) is 29.3 Å². The molecule has 0 aliphatic rings. The maximum Gasteiger partial charge on any atom is 0.176 e. The van der Waals surface area contributed by atoms with E-state index in [9.17, 15) is 4.79 Å². The fraction of sp³-hybridized carbons (Fsp3) is 0.462. The summed E-state index contributed by atoms with van der Waals surface area (Å²) in [4.78, 5) is 11.7. The van der Waals surface area contributed by atoms with Crippen molar-refractivity contribution in [1.29, 1.82) is 0 Å². The number of rotatable bonds is 5. The van der Waals surface area contributed by atoms with Crippen LogP contribution < -0.4 is 10.1 Å². The molecule has 0 atom stereocenters. The minimum absolute atomic E-state index is 0.104. The molecule has 0 amide bonds. The second-order valence-electron chi connectivity index (χ2n) is 4.06. The molecule has 0 radical (unpaired) electrons. The number of ketones is 1. The van der Waals surface area contributed by atoms with Crippen molar-refractivity contribution in [2.75, 3.05) is 20.7 Å². The number of carbonyl (C=O) groups is 1. The zero-order chi connectivity index (χ0) is 12.1. The first-order valence-corrected chi connectivity index (χ1v) is 5.46. The van der Waals surface area contributed by atoms with Gasteiger partial charge in [0.1, 0.15) is 5.75 Å². The Bertz CT molecular complexity index is 372. The largest absolute Gasteiger partial charge is 0.496 e. The lowest BCUT2D eigenvalue weighted by Crippen LogP contribution is -2.18. The molecular formula is C13H19NO2. The van der Waals surface area contributed by atoms with Crippen LogP contribution in [0.5, 0.6) is 5.75 Å². The molecule has 1 rings (SSSR count). The summed E-state index contributed by atoms with van der Waals surface area (Å²) in [6, 6.07) is 5.59. The van der Waals surface area contributed by atoms with E-state index in [2.05, 4.69) is 19.2 Å². The molecular weight excluding hydrogens is 202 g/mol.